The zero-order valence-electron chi connectivity index (χ0n) is 17.0. The number of aliphatic imine (C=N–C) groups is 1. The molecule has 0 atom stereocenters. The topological polar surface area (TPSA) is 64.1 Å². The number of methoxy groups -OCH3 is 1. The zero-order valence-corrected chi connectivity index (χ0v) is 19.3. The molecule has 0 aliphatic carbocycles. The summed E-state index contributed by atoms with van der Waals surface area (Å²) >= 11 is 0. The quantitative estimate of drug-likeness (QED) is 0.191. The maximum Gasteiger partial charge on any atom is 0.387 e. The maximum absolute atomic E-state index is 12.6. The highest BCUT2D eigenvalue weighted by atomic mass is 127. The van der Waals surface area contributed by atoms with Gasteiger partial charge in [0.15, 0.2) is 5.96 Å². The van der Waals surface area contributed by atoms with Gasteiger partial charge in [-0.15, -0.1) is 24.0 Å². The van der Waals surface area contributed by atoms with Gasteiger partial charge in [0.25, 0.3) is 0 Å². The van der Waals surface area contributed by atoms with E-state index in [0.717, 1.165) is 13.0 Å². The molecular weight excluding hydrogens is 483 g/mol. The lowest BCUT2D eigenvalue weighted by Gasteiger charge is -2.14. The van der Waals surface area contributed by atoms with Crippen LogP contribution < -0.4 is 20.1 Å². The Morgan fingerprint density at radius 1 is 1.21 bits per heavy atom. The molecule has 0 unspecified atom stereocenters. The molecule has 28 heavy (non-hydrogen) atoms. The number of ether oxygens (including phenoxy) is 3. The van der Waals surface area contributed by atoms with Crippen molar-refractivity contribution < 1.29 is 23.0 Å². The molecule has 0 aromatic heterocycles. The molecule has 0 bridgehead atoms. The van der Waals surface area contributed by atoms with Crippen molar-refractivity contribution in [2.45, 2.75) is 40.3 Å². The zero-order chi connectivity index (χ0) is 20.1. The number of guanidine groups is 1. The van der Waals surface area contributed by atoms with Crippen LogP contribution in [0.25, 0.3) is 0 Å². The summed E-state index contributed by atoms with van der Waals surface area (Å²) in [6.07, 6.45) is 0.847. The molecule has 0 fully saturated rings. The second-order valence-electron chi connectivity index (χ2n) is 6.30. The number of rotatable bonds is 12. The number of alkyl halides is 2. The molecule has 6 nitrogen and oxygen atoms in total. The van der Waals surface area contributed by atoms with E-state index in [0.29, 0.717) is 42.9 Å². The Bertz CT molecular complexity index is 575. The normalized spacial score (nSPS) is 11.4. The Morgan fingerprint density at radius 2 is 1.96 bits per heavy atom. The number of hydrogen-bond donors (Lipinski definition) is 2. The van der Waals surface area contributed by atoms with Crippen LogP contribution in [-0.4, -0.2) is 46.0 Å². The van der Waals surface area contributed by atoms with Crippen molar-refractivity contribution in [2.75, 3.05) is 33.4 Å². The summed E-state index contributed by atoms with van der Waals surface area (Å²) < 4.78 is 40.5. The van der Waals surface area contributed by atoms with Crippen LogP contribution in [0.1, 0.15) is 32.8 Å². The fourth-order valence-corrected chi connectivity index (χ4v) is 2.20. The molecule has 0 saturated carbocycles. The smallest absolute Gasteiger partial charge is 0.387 e. The van der Waals surface area contributed by atoms with Crippen LogP contribution in [0.5, 0.6) is 11.5 Å². The Balaban J connectivity index is 0.00000729. The first-order valence-corrected chi connectivity index (χ1v) is 9.17. The van der Waals surface area contributed by atoms with Crippen LogP contribution in [0.4, 0.5) is 8.78 Å². The van der Waals surface area contributed by atoms with Crippen molar-refractivity contribution in [1.29, 1.82) is 0 Å². The molecule has 2 N–H and O–H groups in total. The molecular formula is C19H32F2IN3O3. The van der Waals surface area contributed by atoms with Gasteiger partial charge in [-0.25, -0.2) is 4.99 Å². The van der Waals surface area contributed by atoms with Crippen LogP contribution in [0.15, 0.2) is 23.2 Å². The van der Waals surface area contributed by atoms with Crippen LogP contribution in [0.2, 0.25) is 0 Å². The minimum Gasteiger partial charge on any atom is -0.497 e. The lowest BCUT2D eigenvalue weighted by Crippen LogP contribution is -2.38. The van der Waals surface area contributed by atoms with Crippen LogP contribution in [0, 0.1) is 5.92 Å². The van der Waals surface area contributed by atoms with Gasteiger partial charge in [-0.1, -0.05) is 13.8 Å². The van der Waals surface area contributed by atoms with Gasteiger partial charge in [0.2, 0.25) is 0 Å². The van der Waals surface area contributed by atoms with Crippen molar-refractivity contribution in [2.24, 2.45) is 10.9 Å². The van der Waals surface area contributed by atoms with E-state index in [9.17, 15) is 8.78 Å². The first-order valence-electron chi connectivity index (χ1n) is 9.17. The minimum absolute atomic E-state index is 0. The molecule has 0 aliphatic heterocycles. The molecule has 1 aromatic carbocycles. The van der Waals surface area contributed by atoms with E-state index in [-0.39, 0.29) is 36.3 Å². The van der Waals surface area contributed by atoms with Gasteiger partial charge in [0.1, 0.15) is 11.5 Å². The Labute approximate surface area is 183 Å². The average Bonchev–Trinajstić information content (AvgIpc) is 2.62. The molecule has 0 amide bonds. The fraction of sp³-hybridized carbons (Fsp3) is 0.632. The van der Waals surface area contributed by atoms with E-state index in [1.807, 2.05) is 6.92 Å². The van der Waals surface area contributed by atoms with Gasteiger partial charge in [0.05, 0.1) is 13.7 Å². The molecule has 1 rings (SSSR count). The average molecular weight is 515 g/mol. The third-order valence-corrected chi connectivity index (χ3v) is 3.45. The van der Waals surface area contributed by atoms with Crippen molar-refractivity contribution >= 4 is 29.9 Å². The Hall–Kier alpha value is -1.36. The monoisotopic (exact) mass is 515 g/mol. The number of nitrogens with one attached hydrogen (secondary N) is 2. The molecule has 162 valence electrons. The number of hydrogen-bond acceptors (Lipinski definition) is 4. The van der Waals surface area contributed by atoms with E-state index in [1.165, 1.54) is 13.2 Å². The second kappa shape index (κ2) is 15.5. The van der Waals surface area contributed by atoms with Crippen molar-refractivity contribution in [3.63, 3.8) is 0 Å². The summed E-state index contributed by atoms with van der Waals surface area (Å²) in [4.78, 5) is 4.44. The van der Waals surface area contributed by atoms with Gasteiger partial charge >= 0.3 is 6.61 Å². The number of nitrogens with zero attached hydrogens (tertiary/aromatic N) is 1. The van der Waals surface area contributed by atoms with E-state index in [1.54, 1.807) is 12.1 Å². The fourth-order valence-electron chi connectivity index (χ4n) is 2.20. The lowest BCUT2D eigenvalue weighted by molar-refractivity contribution is -0.0505. The van der Waals surface area contributed by atoms with Crippen LogP contribution in [0.3, 0.4) is 0 Å². The molecule has 0 heterocycles. The van der Waals surface area contributed by atoms with Crippen LogP contribution >= 0.6 is 24.0 Å². The van der Waals surface area contributed by atoms with Gasteiger partial charge in [-0.05, 0) is 31.4 Å². The molecule has 0 spiro atoms. The van der Waals surface area contributed by atoms with Gasteiger partial charge < -0.3 is 24.8 Å². The SMILES string of the molecule is CCNC(=NCc1ccc(OC)cc1OC(F)F)NCCCOCC(C)C.I. The Kier molecular flexibility index (Phi) is 14.8. The third kappa shape index (κ3) is 11.5. The first-order chi connectivity index (χ1) is 13.0. The largest absolute Gasteiger partial charge is 0.497 e. The molecule has 9 heteroatoms. The first kappa shape index (κ1) is 26.6. The van der Waals surface area contributed by atoms with Crippen molar-refractivity contribution in [3.05, 3.63) is 23.8 Å². The molecule has 1 aromatic rings. The summed E-state index contributed by atoms with van der Waals surface area (Å²) in [6.45, 7) is 6.29. The van der Waals surface area contributed by atoms with Gasteiger partial charge in [0, 0.05) is 37.9 Å². The summed E-state index contributed by atoms with van der Waals surface area (Å²) in [5, 5.41) is 6.34. The highest BCUT2D eigenvalue weighted by Gasteiger charge is 2.11. The van der Waals surface area contributed by atoms with E-state index < -0.39 is 6.61 Å². The predicted molar refractivity (Wildman–Crippen MR) is 118 cm³/mol. The van der Waals surface area contributed by atoms with Crippen molar-refractivity contribution in [1.82, 2.24) is 10.6 Å². The highest BCUT2D eigenvalue weighted by Crippen LogP contribution is 2.27. The van der Waals surface area contributed by atoms with E-state index in [4.69, 9.17) is 9.47 Å². The minimum atomic E-state index is -2.91. The molecule has 0 saturated heterocycles. The number of halogens is 3. The predicted octanol–water partition coefficient (Wildman–Crippen LogP) is 4.03. The lowest BCUT2D eigenvalue weighted by atomic mass is 10.2. The third-order valence-electron chi connectivity index (χ3n) is 3.45. The van der Waals surface area contributed by atoms with Gasteiger partial charge in [-0.3, -0.25) is 0 Å². The molecule has 0 aliphatic rings. The van der Waals surface area contributed by atoms with E-state index >= 15 is 0 Å². The standard InChI is InChI=1S/C19H31F2N3O3.HI/c1-5-22-19(23-9-6-10-26-13-14(2)3)24-12-15-7-8-16(25-4)11-17(15)27-18(20)21;/h7-8,11,14,18H,5-6,9-10,12-13H2,1-4H3,(H2,22,23,24);1H. The summed E-state index contributed by atoms with van der Waals surface area (Å²) in [7, 11) is 1.47. The highest BCUT2D eigenvalue weighted by molar-refractivity contribution is 14.0. The molecule has 0 radical (unpaired) electrons. The maximum atomic E-state index is 12.6. The summed E-state index contributed by atoms with van der Waals surface area (Å²) in [5.41, 5.74) is 0.550. The number of benzene rings is 1. The summed E-state index contributed by atoms with van der Waals surface area (Å²) in [6, 6.07) is 4.79. The van der Waals surface area contributed by atoms with Crippen LogP contribution in [-0.2, 0) is 11.3 Å². The van der Waals surface area contributed by atoms with Crippen molar-refractivity contribution in [3.8, 4) is 11.5 Å². The van der Waals surface area contributed by atoms with Gasteiger partial charge in [-0.2, -0.15) is 8.78 Å². The Morgan fingerprint density at radius 3 is 2.57 bits per heavy atom. The second-order valence-corrected chi connectivity index (χ2v) is 6.30. The summed E-state index contributed by atoms with van der Waals surface area (Å²) in [5.74, 6) is 1.64. The van der Waals surface area contributed by atoms with E-state index in [2.05, 4.69) is 34.2 Å².